The Morgan fingerprint density at radius 3 is 2.73 bits per heavy atom. The molecule has 1 aromatic heterocycles. The van der Waals surface area contributed by atoms with Gasteiger partial charge in [0.15, 0.2) is 11.5 Å². The number of methoxy groups -OCH3 is 2. The Bertz CT molecular complexity index is 910. The lowest BCUT2D eigenvalue weighted by molar-refractivity contribution is 0.102. The van der Waals surface area contributed by atoms with Crippen molar-refractivity contribution in [1.29, 1.82) is 0 Å². The van der Waals surface area contributed by atoms with E-state index in [2.05, 4.69) is 10.4 Å². The van der Waals surface area contributed by atoms with Crippen molar-refractivity contribution in [1.82, 2.24) is 9.78 Å². The summed E-state index contributed by atoms with van der Waals surface area (Å²) in [7, 11) is 2.99. The first kappa shape index (κ1) is 17.8. The summed E-state index contributed by atoms with van der Waals surface area (Å²) in [4.78, 5) is 12.6. The summed E-state index contributed by atoms with van der Waals surface area (Å²) in [5.41, 5.74) is 2.09. The Morgan fingerprint density at radius 1 is 1.19 bits per heavy atom. The molecule has 0 fully saturated rings. The van der Waals surface area contributed by atoms with Crippen LogP contribution < -0.4 is 14.8 Å². The summed E-state index contributed by atoms with van der Waals surface area (Å²) in [5, 5.41) is 7.36. The van der Waals surface area contributed by atoms with E-state index in [0.717, 1.165) is 5.56 Å². The van der Waals surface area contributed by atoms with E-state index in [0.29, 0.717) is 34.3 Å². The second kappa shape index (κ2) is 7.93. The number of halogens is 1. The van der Waals surface area contributed by atoms with Crippen LogP contribution in [0.5, 0.6) is 11.5 Å². The first-order valence-corrected chi connectivity index (χ1v) is 8.27. The fourth-order valence-corrected chi connectivity index (χ4v) is 2.87. The van der Waals surface area contributed by atoms with Gasteiger partial charge in [-0.15, -0.1) is 0 Å². The van der Waals surface area contributed by atoms with Crippen LogP contribution in [0.1, 0.15) is 15.9 Å². The van der Waals surface area contributed by atoms with Crippen molar-refractivity contribution < 1.29 is 14.3 Å². The average Bonchev–Trinajstić information content (AvgIpc) is 3.14. The summed E-state index contributed by atoms with van der Waals surface area (Å²) >= 11 is 6.17. The standard InChI is InChI=1S/C19H18ClN3O3/c1-25-17-11-14(10-16(20)18(17)26-2)19(24)22-15-6-3-5-13(9-15)12-23-8-4-7-21-23/h3-11H,12H2,1-2H3,(H,22,24). The molecule has 0 bridgehead atoms. The van der Waals surface area contributed by atoms with Crippen molar-refractivity contribution in [3.8, 4) is 11.5 Å². The number of amides is 1. The zero-order valence-electron chi connectivity index (χ0n) is 14.4. The number of hydrogen-bond acceptors (Lipinski definition) is 4. The number of carbonyl (C=O) groups is 1. The highest BCUT2D eigenvalue weighted by molar-refractivity contribution is 6.32. The van der Waals surface area contributed by atoms with Crippen LogP contribution >= 0.6 is 11.6 Å². The molecule has 0 aliphatic heterocycles. The molecule has 3 aromatic rings. The van der Waals surface area contributed by atoms with Crippen LogP contribution in [0.3, 0.4) is 0 Å². The van der Waals surface area contributed by atoms with Gasteiger partial charge >= 0.3 is 0 Å². The monoisotopic (exact) mass is 371 g/mol. The van der Waals surface area contributed by atoms with Crippen LogP contribution in [-0.2, 0) is 6.54 Å². The summed E-state index contributed by atoms with van der Waals surface area (Å²) in [6, 6.07) is 12.6. The largest absolute Gasteiger partial charge is 0.493 e. The van der Waals surface area contributed by atoms with E-state index in [1.807, 2.05) is 41.2 Å². The molecule has 0 radical (unpaired) electrons. The van der Waals surface area contributed by atoms with E-state index in [9.17, 15) is 4.79 Å². The summed E-state index contributed by atoms with van der Waals surface area (Å²) in [5.74, 6) is 0.508. The van der Waals surface area contributed by atoms with Crippen molar-refractivity contribution >= 4 is 23.2 Å². The second-order valence-electron chi connectivity index (χ2n) is 5.55. The molecule has 1 heterocycles. The number of aromatic nitrogens is 2. The van der Waals surface area contributed by atoms with E-state index in [1.165, 1.54) is 14.2 Å². The minimum Gasteiger partial charge on any atom is -0.493 e. The van der Waals surface area contributed by atoms with E-state index in [4.69, 9.17) is 21.1 Å². The molecule has 0 saturated carbocycles. The third-order valence-corrected chi connectivity index (χ3v) is 4.07. The molecule has 3 rings (SSSR count). The molecule has 1 amide bonds. The van der Waals surface area contributed by atoms with Gasteiger partial charge in [-0.1, -0.05) is 23.7 Å². The van der Waals surface area contributed by atoms with Gasteiger partial charge in [0, 0.05) is 23.6 Å². The Hall–Kier alpha value is -2.99. The van der Waals surface area contributed by atoms with Crippen molar-refractivity contribution in [2.24, 2.45) is 0 Å². The van der Waals surface area contributed by atoms with Gasteiger partial charge in [-0.2, -0.15) is 5.10 Å². The molecule has 7 heteroatoms. The molecule has 1 N–H and O–H groups in total. The van der Waals surface area contributed by atoms with E-state index < -0.39 is 0 Å². The topological polar surface area (TPSA) is 65.4 Å². The lowest BCUT2D eigenvalue weighted by Crippen LogP contribution is -2.12. The van der Waals surface area contributed by atoms with Crippen LogP contribution in [0.25, 0.3) is 0 Å². The molecule has 0 atom stereocenters. The van der Waals surface area contributed by atoms with Gasteiger partial charge < -0.3 is 14.8 Å². The predicted molar refractivity (Wildman–Crippen MR) is 100 cm³/mol. The van der Waals surface area contributed by atoms with E-state index >= 15 is 0 Å². The fourth-order valence-electron chi connectivity index (χ4n) is 2.58. The number of anilines is 1. The lowest BCUT2D eigenvalue weighted by Gasteiger charge is -2.12. The maximum absolute atomic E-state index is 12.6. The molecule has 0 unspecified atom stereocenters. The molecule has 6 nitrogen and oxygen atoms in total. The Balaban J connectivity index is 1.79. The number of nitrogens with one attached hydrogen (secondary N) is 1. The van der Waals surface area contributed by atoms with Gasteiger partial charge in [0.05, 0.1) is 25.8 Å². The smallest absolute Gasteiger partial charge is 0.255 e. The van der Waals surface area contributed by atoms with Gasteiger partial charge in [0.2, 0.25) is 0 Å². The Morgan fingerprint density at radius 2 is 2.04 bits per heavy atom. The van der Waals surface area contributed by atoms with E-state index in [-0.39, 0.29) is 5.91 Å². The predicted octanol–water partition coefficient (Wildman–Crippen LogP) is 3.85. The van der Waals surface area contributed by atoms with Gasteiger partial charge in [0.25, 0.3) is 5.91 Å². The molecular weight excluding hydrogens is 354 g/mol. The number of ether oxygens (including phenoxy) is 2. The minimum absolute atomic E-state index is 0.288. The third kappa shape index (κ3) is 3.97. The molecule has 134 valence electrons. The van der Waals surface area contributed by atoms with Crippen molar-refractivity contribution in [2.45, 2.75) is 6.54 Å². The van der Waals surface area contributed by atoms with Crippen LogP contribution in [-0.4, -0.2) is 29.9 Å². The maximum atomic E-state index is 12.6. The highest BCUT2D eigenvalue weighted by Gasteiger charge is 2.15. The SMILES string of the molecule is COc1cc(C(=O)Nc2cccc(Cn3cccn3)c2)cc(Cl)c1OC. The minimum atomic E-state index is -0.288. The number of nitrogens with zero attached hydrogens (tertiary/aromatic N) is 2. The van der Waals surface area contributed by atoms with E-state index in [1.54, 1.807) is 18.3 Å². The van der Waals surface area contributed by atoms with Gasteiger partial charge in [-0.3, -0.25) is 9.48 Å². The first-order valence-electron chi connectivity index (χ1n) is 7.90. The van der Waals surface area contributed by atoms with Crippen LogP contribution in [0.2, 0.25) is 5.02 Å². The third-order valence-electron chi connectivity index (χ3n) is 3.78. The molecule has 0 spiro atoms. The van der Waals surface area contributed by atoms with Gasteiger partial charge in [0.1, 0.15) is 0 Å². The highest BCUT2D eigenvalue weighted by atomic mass is 35.5. The zero-order valence-corrected chi connectivity index (χ0v) is 15.2. The summed E-state index contributed by atoms with van der Waals surface area (Å²) < 4.78 is 12.2. The summed E-state index contributed by atoms with van der Waals surface area (Å²) in [6.45, 7) is 0.624. The first-order chi connectivity index (χ1) is 12.6. The number of hydrogen-bond donors (Lipinski definition) is 1. The van der Waals surface area contributed by atoms with Gasteiger partial charge in [-0.05, 0) is 35.9 Å². The lowest BCUT2D eigenvalue weighted by atomic mass is 10.1. The second-order valence-corrected chi connectivity index (χ2v) is 5.96. The number of carbonyl (C=O) groups excluding carboxylic acids is 1. The van der Waals surface area contributed by atoms with Crippen molar-refractivity contribution in [3.05, 3.63) is 71.0 Å². The average molecular weight is 372 g/mol. The molecule has 26 heavy (non-hydrogen) atoms. The Labute approximate surface area is 156 Å². The Kier molecular flexibility index (Phi) is 5.43. The molecule has 0 aliphatic rings. The van der Waals surface area contributed by atoms with Crippen molar-refractivity contribution in [3.63, 3.8) is 0 Å². The molecular formula is C19H18ClN3O3. The maximum Gasteiger partial charge on any atom is 0.255 e. The molecule has 0 aliphatic carbocycles. The number of rotatable bonds is 6. The molecule has 0 saturated heterocycles. The van der Waals surface area contributed by atoms with Crippen molar-refractivity contribution in [2.75, 3.05) is 19.5 Å². The molecule has 2 aromatic carbocycles. The zero-order chi connectivity index (χ0) is 18.5. The fraction of sp³-hybridized carbons (Fsp3) is 0.158. The van der Waals surface area contributed by atoms with Crippen LogP contribution in [0.4, 0.5) is 5.69 Å². The quantitative estimate of drug-likeness (QED) is 0.714. The normalized spacial score (nSPS) is 10.4. The summed E-state index contributed by atoms with van der Waals surface area (Å²) in [6.07, 6.45) is 3.61. The van der Waals surface area contributed by atoms with Crippen LogP contribution in [0.15, 0.2) is 54.9 Å². The van der Waals surface area contributed by atoms with Gasteiger partial charge in [-0.25, -0.2) is 0 Å². The number of benzene rings is 2. The highest BCUT2D eigenvalue weighted by Crippen LogP contribution is 2.36. The van der Waals surface area contributed by atoms with Crippen LogP contribution in [0, 0.1) is 0 Å².